The summed E-state index contributed by atoms with van der Waals surface area (Å²) in [6, 6.07) is 6.69. The van der Waals surface area contributed by atoms with Crippen LogP contribution in [0.5, 0.6) is 5.75 Å². The lowest BCUT2D eigenvalue weighted by Crippen LogP contribution is -2.37. The molecule has 6 heteroatoms. The van der Waals surface area contributed by atoms with Crippen LogP contribution in [0.3, 0.4) is 0 Å². The third-order valence-electron chi connectivity index (χ3n) is 2.85. The molecule has 1 amide bonds. The Morgan fingerprint density at radius 2 is 2.10 bits per heavy atom. The van der Waals surface area contributed by atoms with E-state index in [2.05, 4.69) is 5.32 Å². The first-order chi connectivity index (χ1) is 10.0. The maximum atomic E-state index is 11.8. The zero-order valence-electron chi connectivity index (χ0n) is 12.0. The van der Waals surface area contributed by atoms with Crippen LogP contribution < -0.4 is 10.1 Å². The number of hydrogen-bond acceptors (Lipinski definition) is 3. The molecule has 0 radical (unpaired) electrons. The number of amides is 1. The number of aliphatic carboxylic acids is 1. The molecule has 0 aliphatic carbocycles. The number of ether oxygens (including phenoxy) is 1. The Labute approximate surface area is 129 Å². The van der Waals surface area contributed by atoms with Crippen molar-refractivity contribution >= 4 is 23.5 Å². The predicted octanol–water partition coefficient (Wildman–Crippen LogP) is 2.87. The third kappa shape index (κ3) is 6.99. The fourth-order valence-corrected chi connectivity index (χ4v) is 2.09. The fourth-order valence-electron chi connectivity index (χ4n) is 1.90. The summed E-state index contributed by atoms with van der Waals surface area (Å²) in [5.74, 6) is -0.606. The number of benzene rings is 1. The summed E-state index contributed by atoms with van der Waals surface area (Å²) in [4.78, 5) is 22.5. The van der Waals surface area contributed by atoms with E-state index in [0.29, 0.717) is 17.2 Å². The molecule has 1 aromatic rings. The smallest absolute Gasteiger partial charge is 0.305 e. The molecule has 0 fully saturated rings. The van der Waals surface area contributed by atoms with Crippen molar-refractivity contribution in [2.24, 2.45) is 0 Å². The molecule has 0 saturated carbocycles. The number of nitrogens with one attached hydrogen (secondary N) is 1. The van der Waals surface area contributed by atoms with Gasteiger partial charge in [0.15, 0.2) is 0 Å². The van der Waals surface area contributed by atoms with Gasteiger partial charge in [0, 0.05) is 6.04 Å². The molecular weight excluding hydrogens is 294 g/mol. The number of carboxylic acids is 1. The number of carbonyl (C=O) groups excluding carboxylic acids is 1. The summed E-state index contributed by atoms with van der Waals surface area (Å²) >= 11 is 5.93. The van der Waals surface area contributed by atoms with Crippen molar-refractivity contribution in [3.8, 4) is 5.75 Å². The van der Waals surface area contributed by atoms with Gasteiger partial charge in [-0.1, -0.05) is 37.1 Å². The first-order valence-electron chi connectivity index (χ1n) is 6.91. The van der Waals surface area contributed by atoms with Crippen molar-refractivity contribution in [1.29, 1.82) is 0 Å². The largest absolute Gasteiger partial charge is 0.491 e. The Morgan fingerprint density at radius 1 is 1.38 bits per heavy atom. The van der Waals surface area contributed by atoms with Crippen LogP contribution in [0.1, 0.15) is 32.6 Å². The van der Waals surface area contributed by atoms with Gasteiger partial charge in [-0.25, -0.2) is 0 Å². The highest BCUT2D eigenvalue weighted by molar-refractivity contribution is 6.32. The molecule has 0 saturated heterocycles. The van der Waals surface area contributed by atoms with E-state index in [-0.39, 0.29) is 31.4 Å². The first kappa shape index (κ1) is 17.3. The topological polar surface area (TPSA) is 75.6 Å². The van der Waals surface area contributed by atoms with Crippen molar-refractivity contribution in [3.05, 3.63) is 29.3 Å². The van der Waals surface area contributed by atoms with Gasteiger partial charge in [0.25, 0.3) is 0 Å². The van der Waals surface area contributed by atoms with E-state index < -0.39 is 5.97 Å². The van der Waals surface area contributed by atoms with E-state index in [1.54, 1.807) is 24.3 Å². The third-order valence-corrected chi connectivity index (χ3v) is 3.16. The minimum atomic E-state index is -0.916. The second-order valence-electron chi connectivity index (χ2n) is 4.68. The molecule has 2 N–H and O–H groups in total. The number of rotatable bonds is 9. The van der Waals surface area contributed by atoms with Gasteiger partial charge < -0.3 is 15.2 Å². The summed E-state index contributed by atoms with van der Waals surface area (Å²) in [5.41, 5.74) is 0. The van der Waals surface area contributed by atoms with E-state index >= 15 is 0 Å². The summed E-state index contributed by atoms with van der Waals surface area (Å²) < 4.78 is 5.42. The maximum Gasteiger partial charge on any atom is 0.305 e. The standard InChI is InChI=1S/C15H20ClNO4/c1-2-5-11(10-15(19)20)17-14(18)8-9-21-13-7-4-3-6-12(13)16/h3-4,6-7,11H,2,5,8-10H2,1H3,(H,17,18)(H,19,20). The average Bonchev–Trinajstić information content (AvgIpc) is 2.40. The number of para-hydroxylation sites is 1. The highest BCUT2D eigenvalue weighted by Crippen LogP contribution is 2.23. The van der Waals surface area contributed by atoms with Gasteiger partial charge in [0.05, 0.1) is 24.5 Å². The van der Waals surface area contributed by atoms with Crippen LogP contribution in [0.15, 0.2) is 24.3 Å². The Balaban J connectivity index is 2.35. The molecule has 1 aromatic carbocycles. The lowest BCUT2D eigenvalue weighted by molar-refractivity contribution is -0.137. The first-order valence-corrected chi connectivity index (χ1v) is 7.29. The van der Waals surface area contributed by atoms with E-state index in [0.717, 1.165) is 6.42 Å². The van der Waals surface area contributed by atoms with Crippen LogP contribution in [0.4, 0.5) is 0 Å². The monoisotopic (exact) mass is 313 g/mol. The molecule has 0 aliphatic heterocycles. The number of halogens is 1. The van der Waals surface area contributed by atoms with Crippen LogP contribution in [0.25, 0.3) is 0 Å². The highest BCUT2D eigenvalue weighted by Gasteiger charge is 2.15. The minimum absolute atomic E-state index is 0.0645. The molecule has 0 spiro atoms. The van der Waals surface area contributed by atoms with E-state index in [4.69, 9.17) is 21.4 Å². The van der Waals surface area contributed by atoms with Gasteiger partial charge >= 0.3 is 5.97 Å². The second-order valence-corrected chi connectivity index (χ2v) is 5.09. The average molecular weight is 314 g/mol. The lowest BCUT2D eigenvalue weighted by atomic mass is 10.1. The van der Waals surface area contributed by atoms with E-state index in [9.17, 15) is 9.59 Å². The van der Waals surface area contributed by atoms with Crippen LogP contribution in [-0.4, -0.2) is 29.6 Å². The van der Waals surface area contributed by atoms with E-state index in [1.807, 2.05) is 6.92 Å². The molecule has 1 atom stereocenters. The molecule has 21 heavy (non-hydrogen) atoms. The fraction of sp³-hybridized carbons (Fsp3) is 0.467. The lowest BCUT2D eigenvalue weighted by Gasteiger charge is -2.16. The van der Waals surface area contributed by atoms with Crippen molar-refractivity contribution in [2.45, 2.75) is 38.6 Å². The highest BCUT2D eigenvalue weighted by atomic mass is 35.5. The number of carbonyl (C=O) groups is 2. The quantitative estimate of drug-likeness (QED) is 0.735. The van der Waals surface area contributed by atoms with Crippen LogP contribution in [0.2, 0.25) is 5.02 Å². The molecule has 1 unspecified atom stereocenters. The summed E-state index contributed by atoms with van der Waals surface area (Å²) in [5, 5.41) is 12.0. The molecule has 0 bridgehead atoms. The van der Waals surface area contributed by atoms with Gasteiger partial charge in [-0.3, -0.25) is 9.59 Å². The van der Waals surface area contributed by atoms with E-state index in [1.165, 1.54) is 0 Å². The van der Waals surface area contributed by atoms with Gasteiger partial charge in [0.2, 0.25) is 5.91 Å². The van der Waals surface area contributed by atoms with Crippen molar-refractivity contribution < 1.29 is 19.4 Å². The molecule has 0 heterocycles. The summed E-state index contributed by atoms with van der Waals surface area (Å²) in [6.45, 7) is 2.14. The second kappa shape index (κ2) is 9.23. The van der Waals surface area contributed by atoms with Gasteiger partial charge in [-0.2, -0.15) is 0 Å². The molecule has 1 rings (SSSR count). The maximum absolute atomic E-state index is 11.8. The summed E-state index contributed by atoms with van der Waals surface area (Å²) in [7, 11) is 0. The van der Waals surface area contributed by atoms with Crippen LogP contribution in [-0.2, 0) is 9.59 Å². The molecule has 0 aromatic heterocycles. The Kier molecular flexibility index (Phi) is 7.61. The van der Waals surface area contributed by atoms with Gasteiger partial charge in [-0.05, 0) is 18.6 Å². The normalized spacial score (nSPS) is 11.7. The Bertz CT molecular complexity index is 478. The van der Waals surface area contributed by atoms with Crippen LogP contribution in [0, 0.1) is 0 Å². The molecular formula is C15H20ClNO4. The summed E-state index contributed by atoms with van der Waals surface area (Å²) in [6.07, 6.45) is 1.55. The van der Waals surface area contributed by atoms with Crippen LogP contribution >= 0.6 is 11.6 Å². The number of carboxylic acid groups (broad SMARTS) is 1. The SMILES string of the molecule is CCCC(CC(=O)O)NC(=O)CCOc1ccccc1Cl. The molecule has 0 aliphatic rings. The minimum Gasteiger partial charge on any atom is -0.491 e. The Hall–Kier alpha value is -1.75. The molecule has 116 valence electrons. The van der Waals surface area contributed by atoms with Crippen molar-refractivity contribution in [1.82, 2.24) is 5.32 Å². The number of hydrogen-bond donors (Lipinski definition) is 2. The van der Waals surface area contributed by atoms with Crippen molar-refractivity contribution in [3.63, 3.8) is 0 Å². The predicted molar refractivity (Wildman–Crippen MR) is 80.7 cm³/mol. The Morgan fingerprint density at radius 3 is 2.71 bits per heavy atom. The molecule has 5 nitrogen and oxygen atoms in total. The van der Waals surface area contributed by atoms with Gasteiger partial charge in [-0.15, -0.1) is 0 Å². The zero-order valence-corrected chi connectivity index (χ0v) is 12.7. The zero-order chi connectivity index (χ0) is 15.7. The van der Waals surface area contributed by atoms with Crippen molar-refractivity contribution in [2.75, 3.05) is 6.61 Å². The van der Waals surface area contributed by atoms with Gasteiger partial charge in [0.1, 0.15) is 5.75 Å².